The van der Waals surface area contributed by atoms with Gasteiger partial charge < -0.3 is 4.90 Å². The zero-order valence-electron chi connectivity index (χ0n) is 13.1. The number of carbonyl (C=O) groups is 1. The minimum atomic E-state index is -3.20. The minimum absolute atomic E-state index is 0.00835. The summed E-state index contributed by atoms with van der Waals surface area (Å²) < 4.78 is 25.3. The number of rotatable bonds is 4. The van der Waals surface area contributed by atoms with Gasteiger partial charge in [-0.2, -0.15) is 4.31 Å². The predicted molar refractivity (Wildman–Crippen MR) is 89.6 cm³/mol. The molecule has 3 aliphatic rings. The molecule has 3 saturated heterocycles. The molecule has 0 radical (unpaired) electrons. The number of carbonyl (C=O) groups excluding carboxylic acids is 1. The highest BCUT2D eigenvalue weighted by Crippen LogP contribution is 2.30. The molecular weight excluding hydrogens is 334 g/mol. The number of hydrogen-bond acceptors (Lipinski definition) is 5. The molecule has 0 unspecified atom stereocenters. The first-order chi connectivity index (χ1) is 10.9. The predicted octanol–water partition coefficient (Wildman–Crippen LogP) is 1.06. The lowest BCUT2D eigenvalue weighted by molar-refractivity contribution is -0.132. The van der Waals surface area contributed by atoms with Crippen molar-refractivity contribution in [3.63, 3.8) is 0 Å². The van der Waals surface area contributed by atoms with Gasteiger partial charge in [-0.3, -0.25) is 9.78 Å². The van der Waals surface area contributed by atoms with Crippen molar-refractivity contribution >= 4 is 27.7 Å². The second kappa shape index (κ2) is 6.78. The Kier molecular flexibility index (Phi) is 4.93. The van der Waals surface area contributed by atoms with Gasteiger partial charge in [0.1, 0.15) is 0 Å². The normalized spacial score (nSPS) is 25.3. The van der Waals surface area contributed by atoms with Crippen LogP contribution in [0.5, 0.6) is 0 Å². The standard InChI is InChI=1S/C15H21N3O3S2/c1-23(20,21)17-8-12-2-3-13(10-17)18(9-12)15(19)11-22-14-4-6-16-7-5-14/h4-7,12-13H,2-3,8-11H2,1H3/t12-,13+/m1/s1. The van der Waals surface area contributed by atoms with E-state index in [1.165, 1.54) is 18.0 Å². The minimum Gasteiger partial charge on any atom is -0.337 e. The van der Waals surface area contributed by atoms with E-state index in [4.69, 9.17) is 0 Å². The fraction of sp³-hybridized carbons (Fsp3) is 0.600. The summed E-state index contributed by atoms with van der Waals surface area (Å²) in [5.74, 6) is 0.724. The van der Waals surface area contributed by atoms with Crippen LogP contribution in [-0.4, -0.2) is 66.2 Å². The van der Waals surface area contributed by atoms with E-state index in [1.54, 1.807) is 16.7 Å². The lowest BCUT2D eigenvalue weighted by atomic mass is 9.95. The Morgan fingerprint density at radius 3 is 2.70 bits per heavy atom. The van der Waals surface area contributed by atoms with Gasteiger partial charge in [-0.05, 0) is 30.9 Å². The van der Waals surface area contributed by atoms with Gasteiger partial charge in [0, 0.05) is 43.0 Å². The summed E-state index contributed by atoms with van der Waals surface area (Å²) in [6, 6.07) is 3.78. The molecule has 1 aromatic rings. The van der Waals surface area contributed by atoms with E-state index in [1.807, 2.05) is 17.0 Å². The van der Waals surface area contributed by atoms with E-state index >= 15 is 0 Å². The number of pyridine rings is 1. The molecule has 1 aromatic heterocycles. The number of hydrogen-bond donors (Lipinski definition) is 0. The zero-order chi connectivity index (χ0) is 16.4. The fourth-order valence-corrected chi connectivity index (χ4v) is 4.97. The Morgan fingerprint density at radius 1 is 1.26 bits per heavy atom. The number of nitrogens with zero attached hydrogens (tertiary/aromatic N) is 3. The number of sulfonamides is 1. The smallest absolute Gasteiger partial charge is 0.233 e. The molecule has 2 atom stereocenters. The summed E-state index contributed by atoms with van der Waals surface area (Å²) in [5.41, 5.74) is 0. The van der Waals surface area contributed by atoms with Crippen molar-refractivity contribution in [3.8, 4) is 0 Å². The number of amides is 1. The van der Waals surface area contributed by atoms with Crippen molar-refractivity contribution in [2.75, 3.05) is 31.6 Å². The quantitative estimate of drug-likeness (QED) is 0.755. The second-order valence-corrected chi connectivity index (χ2v) is 9.23. The van der Waals surface area contributed by atoms with E-state index in [-0.39, 0.29) is 17.9 Å². The highest BCUT2D eigenvalue weighted by molar-refractivity contribution is 8.00. The second-order valence-electron chi connectivity index (χ2n) is 6.19. The number of aromatic nitrogens is 1. The average Bonchev–Trinajstić information content (AvgIpc) is 2.85. The molecule has 8 heteroatoms. The maximum absolute atomic E-state index is 12.6. The van der Waals surface area contributed by atoms with Crippen LogP contribution < -0.4 is 0 Å². The molecule has 23 heavy (non-hydrogen) atoms. The number of fused-ring (bicyclic) bond motifs is 4. The molecule has 0 aliphatic carbocycles. The van der Waals surface area contributed by atoms with Crippen LogP contribution in [0.4, 0.5) is 0 Å². The van der Waals surface area contributed by atoms with Crippen LogP contribution in [0.15, 0.2) is 29.4 Å². The highest BCUT2D eigenvalue weighted by Gasteiger charge is 2.39. The monoisotopic (exact) mass is 355 g/mol. The lowest BCUT2D eigenvalue weighted by Crippen LogP contribution is -2.48. The molecule has 3 aliphatic heterocycles. The van der Waals surface area contributed by atoms with Crippen LogP contribution in [0.1, 0.15) is 12.8 Å². The van der Waals surface area contributed by atoms with E-state index < -0.39 is 10.0 Å². The summed E-state index contributed by atoms with van der Waals surface area (Å²) in [4.78, 5) is 19.5. The molecule has 1 amide bonds. The van der Waals surface area contributed by atoms with Crippen LogP contribution in [0.3, 0.4) is 0 Å². The largest absolute Gasteiger partial charge is 0.337 e. The van der Waals surface area contributed by atoms with E-state index in [0.717, 1.165) is 17.7 Å². The first kappa shape index (κ1) is 16.7. The molecule has 6 nitrogen and oxygen atoms in total. The van der Waals surface area contributed by atoms with Crippen molar-refractivity contribution in [2.45, 2.75) is 23.8 Å². The van der Waals surface area contributed by atoms with Crippen LogP contribution in [0.25, 0.3) is 0 Å². The Labute approximate surface area is 141 Å². The van der Waals surface area contributed by atoms with Crippen molar-refractivity contribution in [1.82, 2.24) is 14.2 Å². The first-order valence-corrected chi connectivity index (χ1v) is 10.5. The van der Waals surface area contributed by atoms with Gasteiger partial charge in [-0.1, -0.05) is 0 Å². The summed E-state index contributed by atoms with van der Waals surface area (Å²) in [6.07, 6.45) is 6.57. The third kappa shape index (κ3) is 4.05. The van der Waals surface area contributed by atoms with Crippen LogP contribution in [0, 0.1) is 5.92 Å². The van der Waals surface area contributed by atoms with Gasteiger partial charge >= 0.3 is 0 Å². The maximum Gasteiger partial charge on any atom is 0.233 e. The van der Waals surface area contributed by atoms with Gasteiger partial charge in [0.15, 0.2) is 0 Å². The van der Waals surface area contributed by atoms with Gasteiger partial charge in [-0.15, -0.1) is 11.8 Å². The van der Waals surface area contributed by atoms with E-state index in [2.05, 4.69) is 4.98 Å². The van der Waals surface area contributed by atoms with Crippen molar-refractivity contribution in [1.29, 1.82) is 0 Å². The van der Waals surface area contributed by atoms with Crippen LogP contribution in [0.2, 0.25) is 0 Å². The van der Waals surface area contributed by atoms with Crippen molar-refractivity contribution < 1.29 is 13.2 Å². The number of thioether (sulfide) groups is 1. The molecule has 0 N–H and O–H groups in total. The molecule has 3 fully saturated rings. The molecule has 0 aromatic carbocycles. The zero-order valence-corrected chi connectivity index (χ0v) is 14.7. The topological polar surface area (TPSA) is 70.6 Å². The van der Waals surface area contributed by atoms with Crippen LogP contribution >= 0.6 is 11.8 Å². The van der Waals surface area contributed by atoms with Crippen molar-refractivity contribution in [2.24, 2.45) is 5.92 Å². The third-order valence-corrected chi connectivity index (χ3v) is 6.71. The third-order valence-electron chi connectivity index (χ3n) is 4.48. The first-order valence-electron chi connectivity index (χ1n) is 7.71. The SMILES string of the molecule is CS(=O)(=O)N1C[C@H]2CC[C@@H](C1)N(C(=O)CSc1ccncc1)C2. The molecule has 4 rings (SSSR count). The molecule has 0 spiro atoms. The summed E-state index contributed by atoms with van der Waals surface area (Å²) >= 11 is 1.50. The fourth-order valence-electron chi connectivity index (χ4n) is 3.28. The molecular formula is C15H21N3O3S2. The summed E-state index contributed by atoms with van der Waals surface area (Å²) in [6.45, 7) is 1.64. The molecule has 2 bridgehead atoms. The Morgan fingerprint density at radius 2 is 2.00 bits per heavy atom. The molecule has 4 heterocycles. The van der Waals surface area contributed by atoms with Crippen molar-refractivity contribution in [3.05, 3.63) is 24.5 Å². The number of piperidine rings is 1. The highest BCUT2D eigenvalue weighted by atomic mass is 32.2. The van der Waals surface area contributed by atoms with Gasteiger partial charge in [0.05, 0.1) is 12.0 Å². The molecule has 126 valence electrons. The Balaban J connectivity index is 1.65. The Bertz CT molecular complexity index is 666. The molecule has 0 saturated carbocycles. The maximum atomic E-state index is 12.6. The Hall–Kier alpha value is -1.12. The van der Waals surface area contributed by atoms with E-state index in [0.29, 0.717) is 25.4 Å². The van der Waals surface area contributed by atoms with Gasteiger partial charge in [0.25, 0.3) is 0 Å². The van der Waals surface area contributed by atoms with Crippen LogP contribution in [-0.2, 0) is 14.8 Å². The summed E-state index contributed by atoms with van der Waals surface area (Å²) in [5, 5.41) is 0. The lowest BCUT2D eigenvalue weighted by Gasteiger charge is -2.36. The summed E-state index contributed by atoms with van der Waals surface area (Å²) in [7, 11) is -3.20. The van der Waals surface area contributed by atoms with E-state index in [9.17, 15) is 13.2 Å². The van der Waals surface area contributed by atoms with Gasteiger partial charge in [0.2, 0.25) is 15.9 Å². The van der Waals surface area contributed by atoms with Gasteiger partial charge in [-0.25, -0.2) is 8.42 Å². The average molecular weight is 355 g/mol.